The number of furan rings is 1. The molecule has 6 heteroatoms. The Balaban J connectivity index is 1.91. The van der Waals surface area contributed by atoms with Gasteiger partial charge in [0.15, 0.2) is 0 Å². The summed E-state index contributed by atoms with van der Waals surface area (Å²) in [6.45, 7) is 0.701. The van der Waals surface area contributed by atoms with Crippen LogP contribution >= 0.6 is 15.9 Å². The molecule has 2 aromatic heterocycles. The van der Waals surface area contributed by atoms with Crippen LogP contribution in [0.2, 0.25) is 0 Å². The van der Waals surface area contributed by atoms with Gasteiger partial charge in [-0.2, -0.15) is 4.98 Å². The number of hydrogen-bond donors (Lipinski definition) is 1. The highest BCUT2D eigenvalue weighted by molar-refractivity contribution is 9.10. The van der Waals surface area contributed by atoms with Gasteiger partial charge in [-0.15, -0.1) is 0 Å². The van der Waals surface area contributed by atoms with E-state index in [1.54, 1.807) is 12.5 Å². The number of aromatic nitrogens is 2. The lowest BCUT2D eigenvalue weighted by Gasteiger charge is -2.23. The van der Waals surface area contributed by atoms with Crippen LogP contribution in [0, 0.1) is 0 Å². The standard InChI is InChI=1S/C12H13BrN4O/c13-10-6-15-12(14)16-11(10)17(8-3-4-8)7-9-2-1-5-18-9/h1-2,5-6,8H,3-4,7H2,(H2,14,15,16). The molecule has 1 saturated carbocycles. The average molecular weight is 309 g/mol. The average Bonchev–Trinajstić information content (AvgIpc) is 3.07. The fraction of sp³-hybridized carbons (Fsp3) is 0.333. The lowest BCUT2D eigenvalue weighted by Crippen LogP contribution is -2.26. The molecule has 0 amide bonds. The maximum Gasteiger partial charge on any atom is 0.222 e. The van der Waals surface area contributed by atoms with Gasteiger partial charge in [-0.05, 0) is 40.9 Å². The third kappa shape index (κ3) is 2.33. The van der Waals surface area contributed by atoms with Crippen LogP contribution in [0.5, 0.6) is 0 Å². The SMILES string of the molecule is Nc1ncc(Br)c(N(Cc2ccco2)C2CC2)n1. The molecule has 0 spiro atoms. The second-order valence-electron chi connectivity index (χ2n) is 4.34. The third-order valence-electron chi connectivity index (χ3n) is 2.91. The van der Waals surface area contributed by atoms with Crippen LogP contribution in [-0.2, 0) is 6.54 Å². The van der Waals surface area contributed by atoms with E-state index in [9.17, 15) is 0 Å². The first-order chi connectivity index (χ1) is 8.74. The summed E-state index contributed by atoms with van der Waals surface area (Å²) in [5.41, 5.74) is 5.67. The molecule has 2 N–H and O–H groups in total. The van der Waals surface area contributed by atoms with E-state index in [2.05, 4.69) is 30.8 Å². The Hall–Kier alpha value is -1.56. The van der Waals surface area contributed by atoms with Gasteiger partial charge in [-0.25, -0.2) is 4.98 Å². The molecule has 0 radical (unpaired) electrons. The molecule has 0 atom stereocenters. The molecule has 1 aliphatic carbocycles. The van der Waals surface area contributed by atoms with E-state index in [4.69, 9.17) is 10.2 Å². The summed E-state index contributed by atoms with van der Waals surface area (Å²) in [5.74, 6) is 2.05. The van der Waals surface area contributed by atoms with E-state index < -0.39 is 0 Å². The molecule has 0 aromatic carbocycles. The van der Waals surface area contributed by atoms with Gasteiger partial charge < -0.3 is 15.1 Å². The molecular formula is C12H13BrN4O. The summed E-state index contributed by atoms with van der Waals surface area (Å²) >= 11 is 3.48. The number of anilines is 2. The van der Waals surface area contributed by atoms with Gasteiger partial charge in [-0.3, -0.25) is 0 Å². The monoisotopic (exact) mass is 308 g/mol. The molecule has 0 bridgehead atoms. The molecule has 2 heterocycles. The number of hydrogen-bond acceptors (Lipinski definition) is 5. The number of nitrogens with two attached hydrogens (primary N) is 1. The summed E-state index contributed by atoms with van der Waals surface area (Å²) in [4.78, 5) is 10.5. The minimum atomic E-state index is 0.290. The Morgan fingerprint density at radius 3 is 3.00 bits per heavy atom. The summed E-state index contributed by atoms with van der Waals surface area (Å²) in [6.07, 6.45) is 5.73. The van der Waals surface area contributed by atoms with Crippen LogP contribution in [0.25, 0.3) is 0 Å². The highest BCUT2D eigenvalue weighted by atomic mass is 79.9. The fourth-order valence-corrected chi connectivity index (χ4v) is 2.33. The molecule has 94 valence electrons. The first kappa shape index (κ1) is 11.5. The number of nitrogens with zero attached hydrogens (tertiary/aromatic N) is 3. The van der Waals surface area contributed by atoms with Gasteiger partial charge in [0.25, 0.3) is 0 Å². The van der Waals surface area contributed by atoms with E-state index in [-0.39, 0.29) is 0 Å². The predicted molar refractivity (Wildman–Crippen MR) is 72.1 cm³/mol. The molecule has 1 aliphatic rings. The minimum absolute atomic E-state index is 0.290. The van der Waals surface area contributed by atoms with Crippen LogP contribution in [0.1, 0.15) is 18.6 Å². The topological polar surface area (TPSA) is 68.2 Å². The zero-order chi connectivity index (χ0) is 12.5. The van der Waals surface area contributed by atoms with Gasteiger partial charge in [0.05, 0.1) is 17.3 Å². The van der Waals surface area contributed by atoms with E-state index in [0.717, 1.165) is 16.1 Å². The van der Waals surface area contributed by atoms with E-state index >= 15 is 0 Å². The van der Waals surface area contributed by atoms with Crippen LogP contribution in [0.4, 0.5) is 11.8 Å². The van der Waals surface area contributed by atoms with Crippen molar-refractivity contribution in [1.29, 1.82) is 0 Å². The van der Waals surface area contributed by atoms with Gasteiger partial charge >= 0.3 is 0 Å². The van der Waals surface area contributed by atoms with Crippen molar-refractivity contribution in [2.75, 3.05) is 10.6 Å². The maximum atomic E-state index is 5.67. The Bertz CT molecular complexity index is 539. The van der Waals surface area contributed by atoms with Gasteiger partial charge in [0.2, 0.25) is 5.95 Å². The zero-order valence-electron chi connectivity index (χ0n) is 9.71. The van der Waals surface area contributed by atoms with Crippen molar-refractivity contribution in [3.8, 4) is 0 Å². The highest BCUT2D eigenvalue weighted by Gasteiger charge is 2.32. The van der Waals surface area contributed by atoms with Crippen molar-refractivity contribution in [2.45, 2.75) is 25.4 Å². The van der Waals surface area contributed by atoms with Crippen molar-refractivity contribution in [1.82, 2.24) is 9.97 Å². The van der Waals surface area contributed by atoms with Crippen molar-refractivity contribution < 1.29 is 4.42 Å². The molecular weight excluding hydrogens is 296 g/mol. The number of halogens is 1. The molecule has 18 heavy (non-hydrogen) atoms. The smallest absolute Gasteiger partial charge is 0.222 e. The molecule has 0 saturated heterocycles. The molecule has 0 aliphatic heterocycles. The largest absolute Gasteiger partial charge is 0.467 e. The van der Waals surface area contributed by atoms with Gasteiger partial charge in [0, 0.05) is 12.2 Å². The zero-order valence-corrected chi connectivity index (χ0v) is 11.3. The highest BCUT2D eigenvalue weighted by Crippen LogP contribution is 2.35. The third-order valence-corrected chi connectivity index (χ3v) is 3.47. The van der Waals surface area contributed by atoms with E-state index in [1.165, 1.54) is 12.8 Å². The van der Waals surface area contributed by atoms with Crippen molar-refractivity contribution in [3.63, 3.8) is 0 Å². The number of nitrogen functional groups attached to an aromatic ring is 1. The molecule has 2 aromatic rings. The Morgan fingerprint density at radius 2 is 2.33 bits per heavy atom. The van der Waals surface area contributed by atoms with Crippen LogP contribution in [-0.4, -0.2) is 16.0 Å². The summed E-state index contributed by atoms with van der Waals surface area (Å²) < 4.78 is 6.26. The summed E-state index contributed by atoms with van der Waals surface area (Å²) in [5, 5.41) is 0. The first-order valence-electron chi connectivity index (χ1n) is 5.81. The van der Waals surface area contributed by atoms with E-state index in [0.29, 0.717) is 18.5 Å². The van der Waals surface area contributed by atoms with Crippen molar-refractivity contribution >= 4 is 27.7 Å². The van der Waals surface area contributed by atoms with Crippen LogP contribution < -0.4 is 10.6 Å². The summed E-state index contributed by atoms with van der Waals surface area (Å²) in [6, 6.07) is 4.37. The predicted octanol–water partition coefficient (Wildman–Crippen LogP) is 2.58. The van der Waals surface area contributed by atoms with Gasteiger partial charge in [-0.1, -0.05) is 0 Å². The minimum Gasteiger partial charge on any atom is -0.467 e. The Kier molecular flexibility index (Phi) is 2.95. The Morgan fingerprint density at radius 1 is 1.50 bits per heavy atom. The molecule has 5 nitrogen and oxygen atoms in total. The molecule has 1 fully saturated rings. The quantitative estimate of drug-likeness (QED) is 0.940. The Labute approximate surface area is 113 Å². The fourth-order valence-electron chi connectivity index (χ4n) is 1.91. The second-order valence-corrected chi connectivity index (χ2v) is 5.19. The van der Waals surface area contributed by atoms with Crippen molar-refractivity contribution in [3.05, 3.63) is 34.8 Å². The number of rotatable bonds is 4. The molecule has 3 rings (SSSR count). The lowest BCUT2D eigenvalue weighted by atomic mass is 10.3. The molecule has 0 unspecified atom stereocenters. The van der Waals surface area contributed by atoms with Crippen LogP contribution in [0.3, 0.4) is 0 Å². The second kappa shape index (κ2) is 4.61. The summed E-state index contributed by atoms with van der Waals surface area (Å²) in [7, 11) is 0. The van der Waals surface area contributed by atoms with E-state index in [1.807, 2.05) is 12.1 Å². The van der Waals surface area contributed by atoms with Gasteiger partial charge in [0.1, 0.15) is 11.6 Å². The normalized spacial score (nSPS) is 14.7. The lowest BCUT2D eigenvalue weighted by molar-refractivity contribution is 0.500. The first-order valence-corrected chi connectivity index (χ1v) is 6.60. The maximum absolute atomic E-state index is 5.67. The van der Waals surface area contributed by atoms with Crippen molar-refractivity contribution in [2.24, 2.45) is 0 Å². The van der Waals surface area contributed by atoms with Crippen LogP contribution in [0.15, 0.2) is 33.5 Å².